The van der Waals surface area contributed by atoms with Gasteiger partial charge in [0.05, 0.1) is 5.75 Å². The van der Waals surface area contributed by atoms with Crippen LogP contribution in [0.25, 0.3) is 0 Å². The lowest BCUT2D eigenvalue weighted by molar-refractivity contribution is -0.118. The summed E-state index contributed by atoms with van der Waals surface area (Å²) in [5.74, 6) is 1.46. The minimum absolute atomic E-state index is 0.0927. The summed E-state index contributed by atoms with van der Waals surface area (Å²) in [4.78, 5) is 14.2. The van der Waals surface area contributed by atoms with Crippen LogP contribution in [0, 0.1) is 13.8 Å². The molecule has 1 amide bonds. The molecule has 0 aliphatic heterocycles. The van der Waals surface area contributed by atoms with Gasteiger partial charge >= 0.3 is 0 Å². The number of nitrogens with one attached hydrogen (secondary N) is 1. The highest BCUT2D eigenvalue weighted by Gasteiger charge is 2.02. The molecule has 116 valence electrons. The van der Waals surface area contributed by atoms with Gasteiger partial charge in [0, 0.05) is 22.1 Å². The van der Waals surface area contributed by atoms with Crippen LogP contribution in [0.5, 0.6) is 0 Å². The molecular formula is C18H21NOS2. The minimum atomic E-state index is 0.0927. The van der Waals surface area contributed by atoms with Crippen LogP contribution >= 0.6 is 23.5 Å². The van der Waals surface area contributed by atoms with Crippen LogP contribution in [0.2, 0.25) is 0 Å². The lowest BCUT2D eigenvalue weighted by atomic mass is 10.2. The Hall–Kier alpha value is -1.39. The molecule has 2 aromatic rings. The molecule has 22 heavy (non-hydrogen) atoms. The zero-order chi connectivity index (χ0) is 15.8. The summed E-state index contributed by atoms with van der Waals surface area (Å²) in [5.41, 5.74) is 2.51. The highest BCUT2D eigenvalue weighted by molar-refractivity contribution is 8.00. The number of carbonyl (C=O) groups is 1. The maximum atomic E-state index is 11.8. The van der Waals surface area contributed by atoms with Gasteiger partial charge in [-0.2, -0.15) is 0 Å². The molecule has 0 atom stereocenters. The third-order valence-electron chi connectivity index (χ3n) is 3.10. The fourth-order valence-electron chi connectivity index (χ4n) is 1.83. The van der Waals surface area contributed by atoms with Crippen molar-refractivity contribution in [1.82, 2.24) is 5.32 Å². The molecule has 0 saturated heterocycles. The van der Waals surface area contributed by atoms with Crippen molar-refractivity contribution in [2.24, 2.45) is 0 Å². The summed E-state index contributed by atoms with van der Waals surface area (Å²) in [5, 5.41) is 2.97. The van der Waals surface area contributed by atoms with E-state index >= 15 is 0 Å². The van der Waals surface area contributed by atoms with Crippen molar-refractivity contribution in [1.29, 1.82) is 0 Å². The number of amides is 1. The maximum absolute atomic E-state index is 11.8. The van der Waals surface area contributed by atoms with E-state index in [0.29, 0.717) is 12.3 Å². The molecule has 0 unspecified atom stereocenters. The zero-order valence-corrected chi connectivity index (χ0v) is 14.6. The Kier molecular flexibility index (Phi) is 6.87. The van der Waals surface area contributed by atoms with E-state index in [-0.39, 0.29) is 5.91 Å². The van der Waals surface area contributed by atoms with Crippen molar-refractivity contribution in [3.63, 3.8) is 0 Å². The second kappa shape index (κ2) is 8.91. The Bertz CT molecular complexity index is 593. The fourth-order valence-corrected chi connectivity index (χ4v) is 3.32. The summed E-state index contributed by atoms with van der Waals surface area (Å²) in [6, 6.07) is 16.7. The Morgan fingerprint density at radius 1 is 0.864 bits per heavy atom. The summed E-state index contributed by atoms with van der Waals surface area (Å²) < 4.78 is 0. The first-order valence-electron chi connectivity index (χ1n) is 7.29. The quantitative estimate of drug-likeness (QED) is 0.606. The Balaban J connectivity index is 1.61. The smallest absolute Gasteiger partial charge is 0.230 e. The molecular weight excluding hydrogens is 310 g/mol. The molecule has 0 fully saturated rings. The first kappa shape index (κ1) is 17.0. The molecule has 0 aliphatic carbocycles. The number of carbonyl (C=O) groups excluding carboxylic acids is 1. The number of hydrogen-bond donors (Lipinski definition) is 1. The van der Waals surface area contributed by atoms with Crippen molar-refractivity contribution < 1.29 is 4.79 Å². The van der Waals surface area contributed by atoms with E-state index in [0.717, 1.165) is 10.6 Å². The SMILES string of the molecule is Cc1ccc(SCCNC(=O)CSc2ccc(C)cc2)cc1. The van der Waals surface area contributed by atoms with Crippen molar-refractivity contribution in [2.45, 2.75) is 23.6 Å². The minimum Gasteiger partial charge on any atom is -0.355 e. The normalized spacial score (nSPS) is 10.5. The van der Waals surface area contributed by atoms with Crippen LogP contribution in [0.1, 0.15) is 11.1 Å². The summed E-state index contributed by atoms with van der Waals surface area (Å²) in [7, 11) is 0. The van der Waals surface area contributed by atoms with E-state index in [4.69, 9.17) is 0 Å². The van der Waals surface area contributed by atoms with Crippen LogP contribution in [-0.2, 0) is 4.79 Å². The largest absolute Gasteiger partial charge is 0.355 e. The average Bonchev–Trinajstić information content (AvgIpc) is 2.53. The number of thioether (sulfide) groups is 2. The van der Waals surface area contributed by atoms with E-state index in [1.54, 1.807) is 23.5 Å². The predicted molar refractivity (Wildman–Crippen MR) is 96.8 cm³/mol. The third-order valence-corrected chi connectivity index (χ3v) is 5.13. The van der Waals surface area contributed by atoms with Crippen molar-refractivity contribution in [3.8, 4) is 0 Å². The first-order valence-corrected chi connectivity index (χ1v) is 9.26. The van der Waals surface area contributed by atoms with Crippen molar-refractivity contribution in [3.05, 3.63) is 59.7 Å². The van der Waals surface area contributed by atoms with Crippen LogP contribution in [0.3, 0.4) is 0 Å². The zero-order valence-electron chi connectivity index (χ0n) is 13.0. The van der Waals surface area contributed by atoms with Crippen molar-refractivity contribution in [2.75, 3.05) is 18.1 Å². The van der Waals surface area contributed by atoms with Gasteiger partial charge in [0.2, 0.25) is 5.91 Å². The molecule has 4 heteroatoms. The molecule has 1 N–H and O–H groups in total. The summed E-state index contributed by atoms with van der Waals surface area (Å²) in [6.45, 7) is 4.85. The molecule has 2 aromatic carbocycles. The number of rotatable bonds is 7. The van der Waals surface area contributed by atoms with Gasteiger partial charge in [-0.25, -0.2) is 0 Å². The monoisotopic (exact) mass is 331 g/mol. The average molecular weight is 332 g/mol. The molecule has 2 rings (SSSR count). The Morgan fingerprint density at radius 3 is 1.91 bits per heavy atom. The van der Waals surface area contributed by atoms with Crippen LogP contribution in [-0.4, -0.2) is 24.0 Å². The van der Waals surface area contributed by atoms with Gasteiger partial charge in [0.15, 0.2) is 0 Å². The maximum Gasteiger partial charge on any atom is 0.230 e. The van der Waals surface area contributed by atoms with E-state index in [9.17, 15) is 4.79 Å². The van der Waals surface area contributed by atoms with E-state index in [1.807, 2.05) is 0 Å². The topological polar surface area (TPSA) is 29.1 Å². The molecule has 0 bridgehead atoms. The molecule has 0 aliphatic rings. The second-order valence-corrected chi connectivity index (χ2v) is 7.33. The van der Waals surface area contributed by atoms with Gasteiger partial charge in [-0.3, -0.25) is 4.79 Å². The predicted octanol–water partition coefficient (Wildman–Crippen LogP) is 4.30. The van der Waals surface area contributed by atoms with Gasteiger partial charge in [-0.1, -0.05) is 35.4 Å². The molecule has 0 aromatic heterocycles. The van der Waals surface area contributed by atoms with Gasteiger partial charge in [-0.05, 0) is 38.1 Å². The number of benzene rings is 2. The molecule has 2 nitrogen and oxygen atoms in total. The van der Waals surface area contributed by atoms with Crippen LogP contribution in [0.15, 0.2) is 58.3 Å². The lowest BCUT2D eigenvalue weighted by Gasteiger charge is -2.06. The number of hydrogen-bond acceptors (Lipinski definition) is 3. The Labute approximate surface area is 141 Å². The standard InChI is InChI=1S/C18H21NOS2/c1-14-3-7-16(8-4-14)21-12-11-19-18(20)13-22-17-9-5-15(2)6-10-17/h3-10H,11-13H2,1-2H3,(H,19,20). The highest BCUT2D eigenvalue weighted by Crippen LogP contribution is 2.18. The molecule has 0 radical (unpaired) electrons. The van der Waals surface area contributed by atoms with Crippen molar-refractivity contribution >= 4 is 29.4 Å². The van der Waals surface area contributed by atoms with Crippen LogP contribution in [0.4, 0.5) is 0 Å². The first-order chi connectivity index (χ1) is 10.6. The number of aryl methyl sites for hydroxylation is 2. The van der Waals surface area contributed by atoms with Gasteiger partial charge in [0.1, 0.15) is 0 Å². The van der Waals surface area contributed by atoms with Crippen LogP contribution < -0.4 is 5.32 Å². The highest BCUT2D eigenvalue weighted by atomic mass is 32.2. The Morgan fingerprint density at radius 2 is 1.36 bits per heavy atom. The van der Waals surface area contributed by atoms with Gasteiger partial charge < -0.3 is 5.32 Å². The third kappa shape index (κ3) is 6.16. The van der Waals surface area contributed by atoms with Gasteiger partial charge in [-0.15, -0.1) is 23.5 Å². The van der Waals surface area contributed by atoms with Gasteiger partial charge in [0.25, 0.3) is 0 Å². The van der Waals surface area contributed by atoms with E-state index in [1.165, 1.54) is 16.0 Å². The second-order valence-electron chi connectivity index (χ2n) is 5.11. The van der Waals surface area contributed by atoms with E-state index in [2.05, 4.69) is 67.7 Å². The summed E-state index contributed by atoms with van der Waals surface area (Å²) >= 11 is 3.34. The molecule has 0 saturated carbocycles. The van der Waals surface area contributed by atoms with E-state index < -0.39 is 0 Å². The summed E-state index contributed by atoms with van der Waals surface area (Å²) in [6.07, 6.45) is 0. The lowest BCUT2D eigenvalue weighted by Crippen LogP contribution is -2.27. The molecule has 0 spiro atoms. The fraction of sp³-hybridized carbons (Fsp3) is 0.278. The molecule has 0 heterocycles.